The first-order chi connectivity index (χ1) is 5.77. The van der Waals surface area contributed by atoms with Crippen molar-refractivity contribution in [2.24, 2.45) is 0 Å². The molecule has 0 bridgehead atoms. The highest BCUT2D eigenvalue weighted by Crippen LogP contribution is 2.17. The lowest BCUT2D eigenvalue weighted by atomic mass is 10.1. The highest BCUT2D eigenvalue weighted by molar-refractivity contribution is 5.52. The van der Waals surface area contributed by atoms with E-state index in [2.05, 4.69) is 10.3 Å². The lowest BCUT2D eigenvalue weighted by molar-refractivity contribution is 0.812. The largest absolute Gasteiger partial charge is 0.385 e. The van der Waals surface area contributed by atoms with E-state index in [0.717, 1.165) is 36.3 Å². The first-order valence-corrected chi connectivity index (χ1v) is 4.24. The molecule has 0 spiro atoms. The summed E-state index contributed by atoms with van der Waals surface area (Å²) in [6.07, 6.45) is 1.96. The first-order valence-electron chi connectivity index (χ1n) is 4.24. The van der Waals surface area contributed by atoms with Crippen LogP contribution in [0.2, 0.25) is 0 Å². The van der Waals surface area contributed by atoms with Gasteiger partial charge in [0.05, 0.1) is 0 Å². The summed E-state index contributed by atoms with van der Waals surface area (Å²) in [5, 5.41) is 3.22. The standard InChI is InChI=1S/C9H12N2O/c1-6-5-8-7(9(12)11-6)3-2-4-10-8/h5,10H,2-4H2,1H3,(H,11,12). The smallest absolute Gasteiger partial charge is 0.253 e. The van der Waals surface area contributed by atoms with Crippen molar-refractivity contribution in [3.63, 3.8) is 0 Å². The van der Waals surface area contributed by atoms with Crippen LogP contribution in [-0.4, -0.2) is 11.5 Å². The Bertz CT molecular complexity index is 354. The molecular weight excluding hydrogens is 152 g/mol. The Kier molecular flexibility index (Phi) is 1.64. The van der Waals surface area contributed by atoms with Gasteiger partial charge in [0.25, 0.3) is 5.56 Å². The van der Waals surface area contributed by atoms with E-state index >= 15 is 0 Å². The number of H-pyrrole nitrogens is 1. The van der Waals surface area contributed by atoms with Gasteiger partial charge in [0, 0.05) is 23.5 Å². The number of hydrogen-bond acceptors (Lipinski definition) is 2. The van der Waals surface area contributed by atoms with Crippen LogP contribution in [0.1, 0.15) is 17.7 Å². The maximum absolute atomic E-state index is 11.4. The Morgan fingerprint density at radius 1 is 1.50 bits per heavy atom. The maximum atomic E-state index is 11.4. The monoisotopic (exact) mass is 164 g/mol. The number of hydrogen-bond donors (Lipinski definition) is 2. The van der Waals surface area contributed by atoms with E-state index < -0.39 is 0 Å². The number of aryl methyl sites for hydroxylation is 1. The van der Waals surface area contributed by atoms with Crippen molar-refractivity contribution in [3.05, 3.63) is 27.7 Å². The lowest BCUT2D eigenvalue weighted by Gasteiger charge is -2.16. The molecule has 1 aromatic heterocycles. The number of fused-ring (bicyclic) bond motifs is 1. The third-order valence-corrected chi connectivity index (χ3v) is 2.19. The second-order valence-electron chi connectivity index (χ2n) is 3.20. The summed E-state index contributed by atoms with van der Waals surface area (Å²) < 4.78 is 0. The number of aromatic amines is 1. The topological polar surface area (TPSA) is 44.9 Å². The molecule has 1 aromatic rings. The third-order valence-electron chi connectivity index (χ3n) is 2.19. The summed E-state index contributed by atoms with van der Waals surface area (Å²) in [4.78, 5) is 14.2. The fourth-order valence-electron chi connectivity index (χ4n) is 1.61. The van der Waals surface area contributed by atoms with Crippen molar-refractivity contribution < 1.29 is 0 Å². The van der Waals surface area contributed by atoms with E-state index in [4.69, 9.17) is 0 Å². The average Bonchev–Trinajstić information content (AvgIpc) is 2.04. The van der Waals surface area contributed by atoms with Gasteiger partial charge in [-0.3, -0.25) is 4.79 Å². The minimum atomic E-state index is 0.0669. The second kappa shape index (κ2) is 2.66. The molecular formula is C9H12N2O. The highest BCUT2D eigenvalue weighted by atomic mass is 16.1. The summed E-state index contributed by atoms with van der Waals surface area (Å²) in [6.45, 7) is 2.88. The van der Waals surface area contributed by atoms with Gasteiger partial charge in [-0.05, 0) is 25.8 Å². The molecule has 0 radical (unpaired) electrons. The molecule has 3 heteroatoms. The van der Waals surface area contributed by atoms with Crippen LogP contribution >= 0.6 is 0 Å². The van der Waals surface area contributed by atoms with Crippen LogP contribution in [0.5, 0.6) is 0 Å². The fourth-order valence-corrected chi connectivity index (χ4v) is 1.61. The van der Waals surface area contributed by atoms with Gasteiger partial charge < -0.3 is 10.3 Å². The molecule has 0 unspecified atom stereocenters. The Hall–Kier alpha value is -1.25. The number of nitrogens with one attached hydrogen (secondary N) is 2. The third kappa shape index (κ3) is 1.11. The summed E-state index contributed by atoms with van der Waals surface area (Å²) in [5.41, 5.74) is 2.92. The molecule has 3 nitrogen and oxygen atoms in total. The molecule has 1 aliphatic rings. The first kappa shape index (κ1) is 7.40. The Morgan fingerprint density at radius 3 is 3.17 bits per heavy atom. The molecule has 0 saturated heterocycles. The predicted molar refractivity (Wildman–Crippen MR) is 48.6 cm³/mol. The van der Waals surface area contributed by atoms with Gasteiger partial charge in [-0.2, -0.15) is 0 Å². The molecule has 12 heavy (non-hydrogen) atoms. The van der Waals surface area contributed by atoms with Gasteiger partial charge in [-0.1, -0.05) is 0 Å². The van der Waals surface area contributed by atoms with Gasteiger partial charge in [0.1, 0.15) is 0 Å². The minimum absolute atomic E-state index is 0.0669. The van der Waals surface area contributed by atoms with Crippen LogP contribution in [-0.2, 0) is 6.42 Å². The van der Waals surface area contributed by atoms with E-state index in [0.29, 0.717) is 0 Å². The molecule has 2 rings (SSSR count). The Morgan fingerprint density at radius 2 is 2.33 bits per heavy atom. The number of pyridine rings is 1. The van der Waals surface area contributed by atoms with E-state index in [-0.39, 0.29) is 5.56 Å². The number of anilines is 1. The summed E-state index contributed by atoms with van der Waals surface area (Å²) in [5.74, 6) is 0. The number of rotatable bonds is 0. The molecule has 0 aromatic carbocycles. The summed E-state index contributed by atoms with van der Waals surface area (Å²) in [7, 11) is 0. The van der Waals surface area contributed by atoms with Gasteiger partial charge in [0.15, 0.2) is 0 Å². The zero-order valence-corrected chi connectivity index (χ0v) is 7.11. The van der Waals surface area contributed by atoms with Crippen molar-refractivity contribution in [2.75, 3.05) is 11.9 Å². The molecule has 64 valence electrons. The fraction of sp³-hybridized carbons (Fsp3) is 0.444. The number of aromatic nitrogens is 1. The molecule has 0 fully saturated rings. The van der Waals surface area contributed by atoms with Crippen LogP contribution in [0.25, 0.3) is 0 Å². The summed E-state index contributed by atoms with van der Waals surface area (Å²) >= 11 is 0. The van der Waals surface area contributed by atoms with Crippen molar-refractivity contribution in [1.29, 1.82) is 0 Å². The molecule has 0 amide bonds. The molecule has 2 N–H and O–H groups in total. The van der Waals surface area contributed by atoms with Crippen molar-refractivity contribution in [2.45, 2.75) is 19.8 Å². The second-order valence-corrected chi connectivity index (χ2v) is 3.20. The molecule has 0 atom stereocenters. The zero-order valence-electron chi connectivity index (χ0n) is 7.11. The quantitative estimate of drug-likeness (QED) is 0.601. The van der Waals surface area contributed by atoms with E-state index in [1.54, 1.807) is 0 Å². The predicted octanol–water partition coefficient (Wildman–Crippen LogP) is 1.04. The van der Waals surface area contributed by atoms with Crippen molar-refractivity contribution >= 4 is 5.69 Å². The SMILES string of the molecule is Cc1cc2c(c(=O)[nH]1)CCCN2. The van der Waals surface area contributed by atoms with Crippen molar-refractivity contribution in [1.82, 2.24) is 4.98 Å². The van der Waals surface area contributed by atoms with E-state index in [1.807, 2.05) is 13.0 Å². The molecule has 1 aliphatic heterocycles. The minimum Gasteiger partial charge on any atom is -0.385 e. The van der Waals surface area contributed by atoms with Crippen LogP contribution in [0.3, 0.4) is 0 Å². The van der Waals surface area contributed by atoms with Gasteiger partial charge in [0.2, 0.25) is 0 Å². The lowest BCUT2D eigenvalue weighted by Crippen LogP contribution is -2.22. The highest BCUT2D eigenvalue weighted by Gasteiger charge is 2.11. The molecule has 0 aliphatic carbocycles. The van der Waals surface area contributed by atoms with E-state index in [9.17, 15) is 4.79 Å². The van der Waals surface area contributed by atoms with Crippen LogP contribution in [0.15, 0.2) is 10.9 Å². The summed E-state index contributed by atoms with van der Waals surface area (Å²) in [6, 6.07) is 2.00. The van der Waals surface area contributed by atoms with Gasteiger partial charge in [-0.25, -0.2) is 0 Å². The maximum Gasteiger partial charge on any atom is 0.253 e. The van der Waals surface area contributed by atoms with Crippen molar-refractivity contribution in [3.8, 4) is 0 Å². The average molecular weight is 164 g/mol. The normalized spacial score (nSPS) is 15.1. The van der Waals surface area contributed by atoms with Crippen LogP contribution < -0.4 is 10.9 Å². The zero-order chi connectivity index (χ0) is 8.55. The Balaban J connectivity index is 2.60. The van der Waals surface area contributed by atoms with Gasteiger partial charge >= 0.3 is 0 Å². The Labute approximate surface area is 70.8 Å². The molecule has 2 heterocycles. The molecule has 0 saturated carbocycles. The van der Waals surface area contributed by atoms with E-state index in [1.165, 1.54) is 0 Å². The van der Waals surface area contributed by atoms with Crippen LogP contribution in [0.4, 0.5) is 5.69 Å². The van der Waals surface area contributed by atoms with Crippen LogP contribution in [0, 0.1) is 6.92 Å². The van der Waals surface area contributed by atoms with Gasteiger partial charge in [-0.15, -0.1) is 0 Å².